The third-order valence-electron chi connectivity index (χ3n) is 3.40. The lowest BCUT2D eigenvalue weighted by Gasteiger charge is -2.11. The largest absolute Gasteiger partial charge is 0.496 e. The Kier molecular flexibility index (Phi) is 3.60. The van der Waals surface area contributed by atoms with E-state index < -0.39 is 0 Å². The molecule has 21 heavy (non-hydrogen) atoms. The van der Waals surface area contributed by atoms with Crippen molar-refractivity contribution >= 4 is 22.3 Å². The summed E-state index contributed by atoms with van der Waals surface area (Å²) in [5.41, 5.74) is 7.68. The number of pyridine rings is 1. The van der Waals surface area contributed by atoms with E-state index in [0.717, 1.165) is 33.6 Å². The van der Waals surface area contributed by atoms with Gasteiger partial charge in [0, 0.05) is 29.2 Å². The first-order valence-electron chi connectivity index (χ1n) is 6.78. The number of nitrogens with two attached hydrogens (primary N) is 1. The molecule has 0 aliphatic carbocycles. The van der Waals surface area contributed by atoms with Crippen molar-refractivity contribution in [2.75, 3.05) is 18.2 Å². The van der Waals surface area contributed by atoms with E-state index >= 15 is 0 Å². The van der Waals surface area contributed by atoms with Crippen molar-refractivity contribution in [3.05, 3.63) is 60.3 Å². The van der Waals surface area contributed by atoms with Gasteiger partial charge < -0.3 is 15.8 Å². The van der Waals surface area contributed by atoms with Crippen LogP contribution in [0.4, 0.5) is 11.5 Å². The smallest absolute Gasteiger partial charge is 0.134 e. The van der Waals surface area contributed by atoms with Gasteiger partial charge in [-0.2, -0.15) is 0 Å². The number of hydrogen-bond acceptors (Lipinski definition) is 4. The van der Waals surface area contributed by atoms with Crippen molar-refractivity contribution in [3.63, 3.8) is 0 Å². The van der Waals surface area contributed by atoms with Crippen LogP contribution in [-0.2, 0) is 6.54 Å². The monoisotopic (exact) mass is 279 g/mol. The molecule has 106 valence electrons. The van der Waals surface area contributed by atoms with Gasteiger partial charge in [0.05, 0.1) is 7.11 Å². The molecule has 0 saturated carbocycles. The fourth-order valence-corrected chi connectivity index (χ4v) is 2.39. The Hall–Kier alpha value is -2.75. The molecule has 0 aliphatic rings. The van der Waals surface area contributed by atoms with Crippen LogP contribution in [-0.4, -0.2) is 12.1 Å². The normalized spacial score (nSPS) is 10.5. The van der Waals surface area contributed by atoms with Gasteiger partial charge in [0.1, 0.15) is 11.6 Å². The topological polar surface area (TPSA) is 60.2 Å². The third kappa shape index (κ3) is 2.74. The lowest BCUT2D eigenvalue weighted by atomic mass is 10.1. The fourth-order valence-electron chi connectivity index (χ4n) is 2.39. The fraction of sp³-hybridized carbons (Fsp3) is 0.118. The molecule has 0 fully saturated rings. The SMILES string of the molecule is COc1cccc2c(NCc3cccc(N)c3)nccc12. The van der Waals surface area contributed by atoms with Gasteiger partial charge in [-0.05, 0) is 29.8 Å². The molecular formula is C17H17N3O. The second-order valence-electron chi connectivity index (χ2n) is 4.81. The number of anilines is 2. The first-order valence-corrected chi connectivity index (χ1v) is 6.78. The molecule has 0 amide bonds. The van der Waals surface area contributed by atoms with E-state index in [4.69, 9.17) is 10.5 Å². The summed E-state index contributed by atoms with van der Waals surface area (Å²) in [6.07, 6.45) is 1.78. The highest BCUT2D eigenvalue weighted by Crippen LogP contribution is 2.29. The van der Waals surface area contributed by atoms with Gasteiger partial charge >= 0.3 is 0 Å². The highest BCUT2D eigenvalue weighted by molar-refractivity contribution is 5.95. The number of ether oxygens (including phenoxy) is 1. The Balaban J connectivity index is 1.91. The summed E-state index contributed by atoms with van der Waals surface area (Å²) in [6.45, 7) is 0.675. The Morgan fingerprint density at radius 1 is 1.10 bits per heavy atom. The van der Waals surface area contributed by atoms with Crippen LogP contribution >= 0.6 is 0 Å². The summed E-state index contributed by atoms with van der Waals surface area (Å²) < 4.78 is 5.39. The second kappa shape index (κ2) is 5.71. The summed E-state index contributed by atoms with van der Waals surface area (Å²) in [7, 11) is 1.68. The Morgan fingerprint density at radius 2 is 1.95 bits per heavy atom. The van der Waals surface area contributed by atoms with Crippen LogP contribution in [0.15, 0.2) is 54.7 Å². The van der Waals surface area contributed by atoms with E-state index in [-0.39, 0.29) is 0 Å². The van der Waals surface area contributed by atoms with Crippen LogP contribution in [0.1, 0.15) is 5.56 Å². The van der Waals surface area contributed by atoms with Gasteiger partial charge in [-0.3, -0.25) is 0 Å². The van der Waals surface area contributed by atoms with Crippen molar-refractivity contribution < 1.29 is 4.74 Å². The van der Waals surface area contributed by atoms with Crippen LogP contribution in [0.5, 0.6) is 5.75 Å². The highest BCUT2D eigenvalue weighted by atomic mass is 16.5. The van der Waals surface area contributed by atoms with E-state index in [9.17, 15) is 0 Å². The minimum absolute atomic E-state index is 0.675. The molecule has 0 radical (unpaired) electrons. The predicted octanol–water partition coefficient (Wildman–Crippen LogP) is 3.44. The summed E-state index contributed by atoms with van der Waals surface area (Å²) >= 11 is 0. The van der Waals surface area contributed by atoms with Crippen molar-refractivity contribution in [1.82, 2.24) is 4.98 Å². The Morgan fingerprint density at radius 3 is 2.76 bits per heavy atom. The van der Waals surface area contributed by atoms with Gasteiger partial charge in [0.2, 0.25) is 0 Å². The van der Waals surface area contributed by atoms with Gasteiger partial charge in [-0.15, -0.1) is 0 Å². The molecule has 4 heteroatoms. The molecule has 0 aliphatic heterocycles. The van der Waals surface area contributed by atoms with Gasteiger partial charge in [-0.1, -0.05) is 24.3 Å². The average molecular weight is 279 g/mol. The zero-order chi connectivity index (χ0) is 14.7. The van der Waals surface area contributed by atoms with Gasteiger partial charge in [0.15, 0.2) is 0 Å². The Bertz CT molecular complexity index is 771. The standard InChI is InChI=1S/C17H17N3O/c1-21-16-7-3-6-15-14(16)8-9-19-17(15)20-11-12-4-2-5-13(18)10-12/h2-10H,11,18H2,1H3,(H,19,20). The molecular weight excluding hydrogens is 262 g/mol. The number of fused-ring (bicyclic) bond motifs is 1. The van der Waals surface area contributed by atoms with Crippen molar-refractivity contribution in [3.8, 4) is 5.75 Å². The minimum atomic E-state index is 0.675. The quantitative estimate of drug-likeness (QED) is 0.718. The number of nitrogens with one attached hydrogen (secondary N) is 1. The van der Waals surface area contributed by atoms with Crippen LogP contribution in [0.3, 0.4) is 0 Å². The maximum Gasteiger partial charge on any atom is 0.134 e. The van der Waals surface area contributed by atoms with Crippen LogP contribution in [0.25, 0.3) is 10.8 Å². The molecule has 0 atom stereocenters. The molecule has 3 aromatic rings. The highest BCUT2D eigenvalue weighted by Gasteiger charge is 2.06. The maximum atomic E-state index is 5.80. The first-order chi connectivity index (χ1) is 10.3. The molecule has 0 bridgehead atoms. The second-order valence-corrected chi connectivity index (χ2v) is 4.81. The van der Waals surface area contributed by atoms with E-state index in [1.165, 1.54) is 0 Å². The van der Waals surface area contributed by atoms with Gasteiger partial charge in [0.25, 0.3) is 0 Å². The van der Waals surface area contributed by atoms with Crippen LogP contribution in [0, 0.1) is 0 Å². The zero-order valence-electron chi connectivity index (χ0n) is 11.8. The molecule has 4 nitrogen and oxygen atoms in total. The molecule has 3 N–H and O–H groups in total. The molecule has 0 saturated heterocycles. The first kappa shape index (κ1) is 13.2. The minimum Gasteiger partial charge on any atom is -0.496 e. The molecule has 1 aromatic heterocycles. The van der Waals surface area contributed by atoms with Gasteiger partial charge in [-0.25, -0.2) is 4.98 Å². The number of methoxy groups -OCH3 is 1. The lowest BCUT2D eigenvalue weighted by molar-refractivity contribution is 0.420. The average Bonchev–Trinajstić information content (AvgIpc) is 2.52. The molecule has 0 spiro atoms. The summed E-state index contributed by atoms with van der Waals surface area (Å²) in [6, 6.07) is 15.7. The zero-order valence-corrected chi connectivity index (χ0v) is 11.8. The molecule has 1 heterocycles. The molecule has 3 rings (SSSR count). The Labute approximate surface area is 123 Å². The van der Waals surface area contributed by atoms with E-state index in [0.29, 0.717) is 6.54 Å². The summed E-state index contributed by atoms with van der Waals surface area (Å²) in [5.74, 6) is 1.69. The van der Waals surface area contributed by atoms with E-state index in [2.05, 4.69) is 10.3 Å². The third-order valence-corrected chi connectivity index (χ3v) is 3.40. The molecule has 0 unspecified atom stereocenters. The molecule has 2 aromatic carbocycles. The summed E-state index contributed by atoms with van der Waals surface area (Å²) in [4.78, 5) is 4.42. The summed E-state index contributed by atoms with van der Waals surface area (Å²) in [5, 5.41) is 5.45. The van der Waals surface area contributed by atoms with E-state index in [1.807, 2.05) is 48.5 Å². The lowest BCUT2D eigenvalue weighted by Crippen LogP contribution is -2.02. The maximum absolute atomic E-state index is 5.80. The number of benzene rings is 2. The number of nitrogen functional groups attached to an aromatic ring is 1. The number of nitrogens with zero attached hydrogens (tertiary/aromatic N) is 1. The van der Waals surface area contributed by atoms with Crippen molar-refractivity contribution in [1.29, 1.82) is 0 Å². The number of aromatic nitrogens is 1. The van der Waals surface area contributed by atoms with E-state index in [1.54, 1.807) is 13.3 Å². The predicted molar refractivity (Wildman–Crippen MR) is 86.5 cm³/mol. The number of rotatable bonds is 4. The van der Waals surface area contributed by atoms with Crippen LogP contribution < -0.4 is 15.8 Å². The van der Waals surface area contributed by atoms with Crippen LogP contribution in [0.2, 0.25) is 0 Å². The van der Waals surface area contributed by atoms with Crippen molar-refractivity contribution in [2.45, 2.75) is 6.54 Å². The number of hydrogen-bond donors (Lipinski definition) is 2. The van der Waals surface area contributed by atoms with Crippen molar-refractivity contribution in [2.24, 2.45) is 0 Å².